The molecule has 0 radical (unpaired) electrons. The van der Waals surface area contributed by atoms with Crippen LogP contribution in [-0.4, -0.2) is 24.4 Å². The highest BCUT2D eigenvalue weighted by molar-refractivity contribution is 7.91. The largest absolute Gasteiger partial charge is 0.439 e. The van der Waals surface area contributed by atoms with Gasteiger partial charge < -0.3 is 9.72 Å². The van der Waals surface area contributed by atoms with Crippen LogP contribution in [0.3, 0.4) is 0 Å². The minimum atomic E-state index is -4.08. The standard InChI is InChI=1S/C22H19ClN2O4S2/c1-3-20(13-5-7-17-19(11-13)30-12-24-17)31(27,28)22(29-21(26)4-2)18-10-14-9-15(23)6-8-16(14)25-18/h3,5-12,20,22,25H,1,4H2,2H3. The molecule has 0 bridgehead atoms. The average molecular weight is 475 g/mol. The molecule has 0 saturated carbocycles. The van der Waals surface area contributed by atoms with Gasteiger partial charge in [-0.2, -0.15) is 0 Å². The monoisotopic (exact) mass is 474 g/mol. The van der Waals surface area contributed by atoms with E-state index in [0.717, 1.165) is 15.6 Å². The minimum Gasteiger partial charge on any atom is -0.439 e. The molecule has 0 aliphatic heterocycles. The van der Waals surface area contributed by atoms with E-state index in [0.29, 0.717) is 16.1 Å². The molecule has 2 aromatic carbocycles. The first-order valence-corrected chi connectivity index (χ1v) is 12.4. The van der Waals surface area contributed by atoms with E-state index in [9.17, 15) is 13.2 Å². The third-order valence-electron chi connectivity index (χ3n) is 4.93. The van der Waals surface area contributed by atoms with Crippen LogP contribution in [0, 0.1) is 0 Å². The summed E-state index contributed by atoms with van der Waals surface area (Å²) in [6, 6.07) is 12.0. The SMILES string of the molecule is C=CC(c1ccc2ncsc2c1)S(=O)(=O)C(OC(=O)CC)c1cc2cc(Cl)ccc2[nH]1. The number of nitrogens with zero attached hydrogens (tertiary/aromatic N) is 1. The Morgan fingerprint density at radius 1 is 1.29 bits per heavy atom. The molecule has 0 aliphatic rings. The van der Waals surface area contributed by atoms with E-state index in [4.69, 9.17) is 16.3 Å². The van der Waals surface area contributed by atoms with Crippen LogP contribution in [0.5, 0.6) is 0 Å². The summed E-state index contributed by atoms with van der Waals surface area (Å²) >= 11 is 7.48. The highest BCUT2D eigenvalue weighted by Crippen LogP contribution is 2.38. The summed E-state index contributed by atoms with van der Waals surface area (Å²) in [5, 5.41) is 0.157. The summed E-state index contributed by atoms with van der Waals surface area (Å²) in [6.07, 6.45) is 1.40. The van der Waals surface area contributed by atoms with Gasteiger partial charge in [0.1, 0.15) is 5.25 Å². The van der Waals surface area contributed by atoms with Crippen LogP contribution in [-0.2, 0) is 19.4 Å². The summed E-state index contributed by atoms with van der Waals surface area (Å²) in [5.74, 6) is -0.619. The van der Waals surface area contributed by atoms with Crippen LogP contribution >= 0.6 is 22.9 Å². The summed E-state index contributed by atoms with van der Waals surface area (Å²) in [6.45, 7) is 5.35. The molecular formula is C22H19ClN2O4S2. The molecule has 0 fully saturated rings. The number of carbonyl (C=O) groups is 1. The van der Waals surface area contributed by atoms with Crippen molar-refractivity contribution < 1.29 is 17.9 Å². The average Bonchev–Trinajstić information content (AvgIpc) is 3.37. The maximum absolute atomic E-state index is 13.7. The third kappa shape index (κ3) is 4.11. The number of aromatic amines is 1. The summed E-state index contributed by atoms with van der Waals surface area (Å²) < 4.78 is 33.8. The van der Waals surface area contributed by atoms with E-state index >= 15 is 0 Å². The number of thiazole rings is 1. The Morgan fingerprint density at radius 3 is 2.84 bits per heavy atom. The van der Waals surface area contributed by atoms with Crippen molar-refractivity contribution in [1.82, 2.24) is 9.97 Å². The molecule has 2 aromatic heterocycles. The first-order chi connectivity index (χ1) is 14.8. The van der Waals surface area contributed by atoms with Crippen molar-refractivity contribution in [2.24, 2.45) is 0 Å². The van der Waals surface area contributed by atoms with Crippen LogP contribution in [0.15, 0.2) is 60.6 Å². The second-order valence-corrected chi connectivity index (χ2v) is 10.4. The number of nitrogens with one attached hydrogen (secondary N) is 1. The number of H-pyrrole nitrogens is 1. The predicted molar refractivity (Wildman–Crippen MR) is 124 cm³/mol. The van der Waals surface area contributed by atoms with Crippen LogP contribution in [0.1, 0.15) is 35.3 Å². The minimum absolute atomic E-state index is 0.0453. The number of benzene rings is 2. The van der Waals surface area contributed by atoms with Crippen LogP contribution in [0.25, 0.3) is 21.1 Å². The Morgan fingerprint density at radius 2 is 2.10 bits per heavy atom. The van der Waals surface area contributed by atoms with Crippen molar-refractivity contribution in [3.8, 4) is 0 Å². The molecule has 2 heterocycles. The van der Waals surface area contributed by atoms with Crippen molar-refractivity contribution in [2.75, 3.05) is 0 Å². The Kier molecular flexibility index (Phi) is 5.88. The van der Waals surface area contributed by atoms with Crippen LogP contribution in [0.2, 0.25) is 5.02 Å². The molecule has 0 saturated heterocycles. The van der Waals surface area contributed by atoms with Crippen molar-refractivity contribution in [3.63, 3.8) is 0 Å². The molecule has 0 spiro atoms. The quantitative estimate of drug-likeness (QED) is 0.273. The lowest BCUT2D eigenvalue weighted by molar-refractivity contribution is -0.145. The molecule has 0 aliphatic carbocycles. The van der Waals surface area contributed by atoms with Crippen molar-refractivity contribution in [3.05, 3.63) is 76.9 Å². The van der Waals surface area contributed by atoms with Crippen molar-refractivity contribution in [1.29, 1.82) is 0 Å². The zero-order chi connectivity index (χ0) is 22.2. The number of hydrogen-bond acceptors (Lipinski definition) is 6. The van der Waals surface area contributed by atoms with E-state index in [1.807, 2.05) is 0 Å². The van der Waals surface area contributed by atoms with Crippen LogP contribution in [0.4, 0.5) is 0 Å². The lowest BCUT2D eigenvalue weighted by Gasteiger charge is -2.22. The van der Waals surface area contributed by atoms with Gasteiger partial charge in [-0.1, -0.05) is 30.7 Å². The van der Waals surface area contributed by atoms with Gasteiger partial charge in [-0.25, -0.2) is 13.4 Å². The maximum Gasteiger partial charge on any atom is 0.307 e. The number of rotatable bonds is 7. The van der Waals surface area contributed by atoms with Gasteiger partial charge >= 0.3 is 5.97 Å². The fourth-order valence-electron chi connectivity index (χ4n) is 3.40. The van der Waals surface area contributed by atoms with Gasteiger partial charge in [-0.15, -0.1) is 17.9 Å². The molecule has 4 rings (SSSR count). The summed E-state index contributed by atoms with van der Waals surface area (Å²) in [7, 11) is -4.08. The van der Waals surface area contributed by atoms with Gasteiger partial charge in [0.25, 0.3) is 0 Å². The van der Waals surface area contributed by atoms with Crippen molar-refractivity contribution >= 4 is 59.9 Å². The fraction of sp³-hybridized carbons (Fsp3) is 0.182. The first-order valence-electron chi connectivity index (χ1n) is 9.49. The number of ether oxygens (including phenoxy) is 1. The molecule has 0 amide bonds. The van der Waals surface area contributed by atoms with Gasteiger partial charge in [-0.05, 0) is 42.0 Å². The number of hydrogen-bond donors (Lipinski definition) is 1. The Balaban J connectivity index is 1.82. The van der Waals surface area contributed by atoms with E-state index in [-0.39, 0.29) is 12.1 Å². The van der Waals surface area contributed by atoms with E-state index in [1.165, 1.54) is 17.4 Å². The van der Waals surface area contributed by atoms with Gasteiger partial charge in [0.2, 0.25) is 15.3 Å². The number of carbonyl (C=O) groups excluding carboxylic acids is 1. The second-order valence-electron chi connectivity index (χ2n) is 6.96. The molecule has 9 heteroatoms. The van der Waals surface area contributed by atoms with Gasteiger partial charge in [0.15, 0.2) is 0 Å². The molecule has 1 N–H and O–H groups in total. The highest BCUT2D eigenvalue weighted by Gasteiger charge is 2.38. The normalized spacial score (nSPS) is 13.9. The molecule has 31 heavy (non-hydrogen) atoms. The lowest BCUT2D eigenvalue weighted by Crippen LogP contribution is -2.24. The number of sulfone groups is 1. The van der Waals surface area contributed by atoms with E-state index in [1.54, 1.807) is 54.9 Å². The van der Waals surface area contributed by atoms with Gasteiger partial charge in [-0.3, -0.25) is 4.79 Å². The lowest BCUT2D eigenvalue weighted by atomic mass is 10.1. The third-order valence-corrected chi connectivity index (χ3v) is 8.08. The Bertz CT molecular complexity index is 1390. The predicted octanol–water partition coefficient (Wildman–Crippen LogP) is 5.72. The maximum atomic E-state index is 13.7. The smallest absolute Gasteiger partial charge is 0.307 e. The molecule has 160 valence electrons. The van der Waals surface area contributed by atoms with Crippen molar-refractivity contribution in [2.45, 2.75) is 24.0 Å². The first kappa shape index (κ1) is 21.5. The van der Waals surface area contributed by atoms with Crippen LogP contribution < -0.4 is 0 Å². The van der Waals surface area contributed by atoms with E-state index in [2.05, 4.69) is 16.5 Å². The fourth-order valence-corrected chi connectivity index (χ4v) is 6.09. The number of halogens is 1. The molecule has 6 nitrogen and oxygen atoms in total. The Hall–Kier alpha value is -2.68. The van der Waals surface area contributed by atoms with E-state index < -0.39 is 26.5 Å². The molecule has 2 atom stereocenters. The highest BCUT2D eigenvalue weighted by atomic mass is 35.5. The number of aromatic nitrogens is 2. The molecular weight excluding hydrogens is 456 g/mol. The molecule has 2 unspecified atom stereocenters. The molecule has 4 aromatic rings. The zero-order valence-electron chi connectivity index (χ0n) is 16.5. The number of fused-ring (bicyclic) bond motifs is 2. The van der Waals surface area contributed by atoms with Gasteiger partial charge in [0, 0.05) is 22.3 Å². The zero-order valence-corrected chi connectivity index (χ0v) is 18.9. The number of esters is 1. The second kappa shape index (κ2) is 8.45. The van der Waals surface area contributed by atoms with Gasteiger partial charge in [0.05, 0.1) is 21.4 Å². The topological polar surface area (TPSA) is 89.1 Å². The Labute approximate surface area is 188 Å². The summed E-state index contributed by atoms with van der Waals surface area (Å²) in [4.78, 5) is 19.4. The summed E-state index contributed by atoms with van der Waals surface area (Å²) in [5.41, 5.74) is 2.44.